The van der Waals surface area contributed by atoms with Gasteiger partial charge in [0.25, 0.3) is 0 Å². The van der Waals surface area contributed by atoms with E-state index in [1.807, 2.05) is 0 Å². The van der Waals surface area contributed by atoms with Crippen molar-refractivity contribution in [1.82, 2.24) is 14.9 Å². The number of amides is 1. The van der Waals surface area contributed by atoms with E-state index in [4.69, 9.17) is 21.4 Å². The van der Waals surface area contributed by atoms with Gasteiger partial charge < -0.3 is 14.7 Å². The molecule has 2 fully saturated rings. The Morgan fingerprint density at radius 1 is 1.72 bits per heavy atom. The van der Waals surface area contributed by atoms with Gasteiger partial charge in [-0.3, -0.25) is 0 Å². The van der Waals surface area contributed by atoms with Crippen LogP contribution in [0.2, 0.25) is 5.15 Å². The van der Waals surface area contributed by atoms with Crippen molar-refractivity contribution in [2.24, 2.45) is 5.92 Å². The third-order valence-corrected chi connectivity index (χ3v) is 3.89. The molecular weight excluding hydrogens is 258 g/mol. The van der Waals surface area contributed by atoms with E-state index in [-0.39, 0.29) is 5.92 Å². The Morgan fingerprint density at radius 2 is 2.50 bits per heavy atom. The third kappa shape index (κ3) is 1.77. The molecule has 1 aromatic rings. The standard InChI is InChI=1S/C11H12ClN3O3/c1-6-9(12)13-3-8(14-6)18-11-2-7(11)4-15(5-11)10(16)17/h3,7H,2,4-5H2,1H3,(H,16,17). The number of likely N-dealkylation sites (tertiary alicyclic amines) is 1. The van der Waals surface area contributed by atoms with E-state index in [1.165, 1.54) is 11.1 Å². The summed E-state index contributed by atoms with van der Waals surface area (Å²) in [4.78, 5) is 20.4. The van der Waals surface area contributed by atoms with Gasteiger partial charge in [0.2, 0.25) is 5.88 Å². The van der Waals surface area contributed by atoms with E-state index in [9.17, 15) is 4.79 Å². The molecule has 7 heteroatoms. The molecule has 6 nitrogen and oxygen atoms in total. The highest BCUT2D eigenvalue weighted by molar-refractivity contribution is 6.29. The Kier molecular flexibility index (Phi) is 2.38. The molecule has 0 bridgehead atoms. The topological polar surface area (TPSA) is 75.5 Å². The lowest BCUT2D eigenvalue weighted by molar-refractivity contribution is 0.122. The predicted molar refractivity (Wildman–Crippen MR) is 62.8 cm³/mol. The lowest BCUT2D eigenvalue weighted by Gasteiger charge is -2.18. The van der Waals surface area contributed by atoms with E-state index < -0.39 is 11.7 Å². The molecule has 18 heavy (non-hydrogen) atoms. The lowest BCUT2D eigenvalue weighted by atomic mass is 10.3. The second kappa shape index (κ2) is 3.71. The Balaban J connectivity index is 1.74. The molecule has 0 spiro atoms. The van der Waals surface area contributed by atoms with Gasteiger partial charge in [-0.1, -0.05) is 11.6 Å². The van der Waals surface area contributed by atoms with Crippen molar-refractivity contribution in [3.05, 3.63) is 17.0 Å². The number of piperidine rings is 1. The Bertz CT molecular complexity index is 524. The van der Waals surface area contributed by atoms with E-state index in [0.29, 0.717) is 29.8 Å². The predicted octanol–water partition coefficient (Wildman–Crippen LogP) is 1.57. The molecule has 2 aliphatic rings. The molecule has 1 saturated heterocycles. The molecule has 1 amide bonds. The number of aromatic nitrogens is 2. The average Bonchev–Trinajstić information content (AvgIpc) is 2.85. The summed E-state index contributed by atoms with van der Waals surface area (Å²) >= 11 is 5.79. The quantitative estimate of drug-likeness (QED) is 0.882. The van der Waals surface area contributed by atoms with Crippen molar-refractivity contribution < 1.29 is 14.6 Å². The molecule has 1 aliphatic heterocycles. The number of hydrogen-bond donors (Lipinski definition) is 1. The maximum Gasteiger partial charge on any atom is 0.407 e. The van der Waals surface area contributed by atoms with E-state index >= 15 is 0 Å². The van der Waals surface area contributed by atoms with Crippen LogP contribution in [0.4, 0.5) is 4.79 Å². The molecule has 1 aromatic heterocycles. The zero-order valence-electron chi connectivity index (χ0n) is 9.76. The Labute approximate surface area is 109 Å². The fourth-order valence-electron chi connectivity index (χ4n) is 2.44. The highest BCUT2D eigenvalue weighted by Gasteiger charge is 2.64. The maximum atomic E-state index is 10.9. The zero-order valence-corrected chi connectivity index (χ0v) is 10.5. The van der Waals surface area contributed by atoms with E-state index in [1.54, 1.807) is 6.92 Å². The van der Waals surface area contributed by atoms with Crippen LogP contribution in [0.15, 0.2) is 6.20 Å². The largest absolute Gasteiger partial charge is 0.468 e. The molecule has 2 heterocycles. The molecule has 1 saturated carbocycles. The number of ether oxygens (including phenoxy) is 1. The van der Waals surface area contributed by atoms with Crippen LogP contribution in [0.3, 0.4) is 0 Å². The second-order valence-electron chi connectivity index (χ2n) is 4.82. The van der Waals surface area contributed by atoms with Crippen LogP contribution < -0.4 is 4.74 Å². The van der Waals surface area contributed by atoms with Gasteiger partial charge in [0.1, 0.15) is 5.60 Å². The monoisotopic (exact) mass is 269 g/mol. The normalized spacial score (nSPS) is 29.0. The smallest absolute Gasteiger partial charge is 0.407 e. The first kappa shape index (κ1) is 11.5. The first-order valence-corrected chi connectivity index (χ1v) is 6.04. The molecule has 2 unspecified atom stereocenters. The number of fused-ring (bicyclic) bond motifs is 1. The molecule has 0 radical (unpaired) electrons. The van der Waals surface area contributed by atoms with Gasteiger partial charge in [-0.25, -0.2) is 14.8 Å². The SMILES string of the molecule is Cc1nc(OC23CC2CN(C(=O)O)C3)cnc1Cl. The summed E-state index contributed by atoms with van der Waals surface area (Å²) in [6.45, 7) is 2.69. The summed E-state index contributed by atoms with van der Waals surface area (Å²) in [7, 11) is 0. The van der Waals surface area contributed by atoms with Crippen LogP contribution in [0.5, 0.6) is 5.88 Å². The molecular formula is C11H12ClN3O3. The Hall–Kier alpha value is -1.56. The van der Waals surface area contributed by atoms with Crippen molar-refractivity contribution in [1.29, 1.82) is 0 Å². The van der Waals surface area contributed by atoms with Crippen molar-refractivity contribution >= 4 is 17.7 Å². The highest BCUT2D eigenvalue weighted by atomic mass is 35.5. The van der Waals surface area contributed by atoms with E-state index in [2.05, 4.69) is 9.97 Å². The number of aryl methyl sites for hydroxylation is 1. The van der Waals surface area contributed by atoms with Crippen LogP contribution >= 0.6 is 11.6 Å². The molecule has 0 aromatic carbocycles. The number of carbonyl (C=O) groups is 1. The Morgan fingerprint density at radius 3 is 3.11 bits per heavy atom. The van der Waals surface area contributed by atoms with Crippen LogP contribution in [0.25, 0.3) is 0 Å². The van der Waals surface area contributed by atoms with Crippen molar-refractivity contribution in [3.8, 4) is 5.88 Å². The summed E-state index contributed by atoms with van der Waals surface area (Å²) in [5, 5.41) is 9.29. The summed E-state index contributed by atoms with van der Waals surface area (Å²) in [6.07, 6.45) is 1.45. The number of nitrogens with zero attached hydrogens (tertiary/aromatic N) is 3. The van der Waals surface area contributed by atoms with Gasteiger partial charge in [-0.2, -0.15) is 0 Å². The van der Waals surface area contributed by atoms with Crippen LogP contribution in [0, 0.1) is 12.8 Å². The number of halogens is 1. The van der Waals surface area contributed by atoms with Gasteiger partial charge in [-0.05, 0) is 13.3 Å². The molecule has 96 valence electrons. The molecule has 1 aliphatic carbocycles. The van der Waals surface area contributed by atoms with Crippen LogP contribution in [-0.2, 0) is 0 Å². The van der Waals surface area contributed by atoms with Gasteiger partial charge in [0.15, 0.2) is 5.15 Å². The van der Waals surface area contributed by atoms with Crippen LogP contribution in [0.1, 0.15) is 12.1 Å². The minimum Gasteiger partial charge on any atom is -0.468 e. The highest BCUT2D eigenvalue weighted by Crippen LogP contribution is 2.52. The van der Waals surface area contributed by atoms with Gasteiger partial charge >= 0.3 is 6.09 Å². The van der Waals surface area contributed by atoms with Crippen LogP contribution in [-0.4, -0.2) is 44.8 Å². The minimum atomic E-state index is -0.899. The zero-order chi connectivity index (χ0) is 12.9. The summed E-state index contributed by atoms with van der Waals surface area (Å²) in [5.41, 5.74) is 0.212. The van der Waals surface area contributed by atoms with Gasteiger partial charge in [-0.15, -0.1) is 0 Å². The number of carboxylic acid groups (broad SMARTS) is 1. The summed E-state index contributed by atoms with van der Waals surface area (Å²) in [5.74, 6) is 0.679. The van der Waals surface area contributed by atoms with Crippen molar-refractivity contribution in [3.63, 3.8) is 0 Å². The molecule has 1 N–H and O–H groups in total. The number of hydrogen-bond acceptors (Lipinski definition) is 4. The summed E-state index contributed by atoms with van der Waals surface area (Å²) < 4.78 is 5.82. The third-order valence-electron chi connectivity index (χ3n) is 3.52. The maximum absolute atomic E-state index is 10.9. The van der Waals surface area contributed by atoms with Crippen molar-refractivity contribution in [2.45, 2.75) is 18.9 Å². The fraction of sp³-hybridized carbons (Fsp3) is 0.545. The van der Waals surface area contributed by atoms with Gasteiger partial charge in [0.05, 0.1) is 18.4 Å². The second-order valence-corrected chi connectivity index (χ2v) is 5.17. The van der Waals surface area contributed by atoms with Gasteiger partial charge in [0, 0.05) is 12.5 Å². The summed E-state index contributed by atoms with van der Waals surface area (Å²) in [6, 6.07) is 0. The average molecular weight is 270 g/mol. The minimum absolute atomic E-state index is 0.270. The lowest BCUT2D eigenvalue weighted by Crippen LogP contribution is -2.34. The first-order chi connectivity index (χ1) is 8.50. The first-order valence-electron chi connectivity index (χ1n) is 5.66. The molecule has 2 atom stereocenters. The van der Waals surface area contributed by atoms with Crippen molar-refractivity contribution in [2.75, 3.05) is 13.1 Å². The molecule has 3 rings (SSSR count). The fourth-order valence-corrected chi connectivity index (χ4v) is 2.53. The van der Waals surface area contributed by atoms with E-state index in [0.717, 1.165) is 6.42 Å². The number of rotatable bonds is 2.